The molecule has 0 bridgehead atoms. The van der Waals surface area contributed by atoms with E-state index in [4.69, 9.17) is 5.73 Å². The molecule has 1 unspecified atom stereocenters. The van der Waals surface area contributed by atoms with Crippen molar-refractivity contribution in [3.8, 4) is 0 Å². The van der Waals surface area contributed by atoms with E-state index in [9.17, 15) is 0 Å². The largest absolute Gasteiger partial charge is 0.398 e. The van der Waals surface area contributed by atoms with Crippen LogP contribution in [0.4, 0.5) is 5.69 Å². The summed E-state index contributed by atoms with van der Waals surface area (Å²) in [4.78, 5) is 8.42. The first-order chi connectivity index (χ1) is 7.74. The molecule has 2 aromatic rings. The highest BCUT2D eigenvalue weighted by atomic mass is 15.1. The van der Waals surface area contributed by atoms with Crippen LogP contribution < -0.4 is 11.1 Å². The second kappa shape index (κ2) is 4.32. The second-order valence-corrected chi connectivity index (χ2v) is 3.62. The van der Waals surface area contributed by atoms with Crippen molar-refractivity contribution in [2.24, 2.45) is 7.05 Å². The Hall–Kier alpha value is -1.88. The SMILES string of the molecule is CNC(c1cnccc1N)c1nccn1C. The summed E-state index contributed by atoms with van der Waals surface area (Å²) < 4.78 is 1.97. The van der Waals surface area contributed by atoms with Gasteiger partial charge in [-0.2, -0.15) is 0 Å². The first-order valence-corrected chi connectivity index (χ1v) is 5.08. The average molecular weight is 217 g/mol. The van der Waals surface area contributed by atoms with Crippen molar-refractivity contribution in [3.05, 3.63) is 42.2 Å². The minimum Gasteiger partial charge on any atom is -0.398 e. The van der Waals surface area contributed by atoms with Gasteiger partial charge in [0.1, 0.15) is 5.82 Å². The van der Waals surface area contributed by atoms with Crippen LogP contribution in [0.15, 0.2) is 30.9 Å². The Kier molecular flexibility index (Phi) is 2.87. The van der Waals surface area contributed by atoms with Gasteiger partial charge in [0.15, 0.2) is 0 Å². The number of nitrogens with zero attached hydrogens (tertiary/aromatic N) is 3. The highest BCUT2D eigenvalue weighted by Crippen LogP contribution is 2.23. The van der Waals surface area contributed by atoms with E-state index in [1.165, 1.54) is 0 Å². The zero-order valence-corrected chi connectivity index (χ0v) is 9.38. The molecule has 0 aliphatic heterocycles. The van der Waals surface area contributed by atoms with Crippen molar-refractivity contribution in [2.75, 3.05) is 12.8 Å². The molecule has 1 atom stereocenters. The molecule has 0 radical (unpaired) electrons. The molecule has 0 amide bonds. The van der Waals surface area contributed by atoms with Gasteiger partial charge in [0.25, 0.3) is 0 Å². The Labute approximate surface area is 94.3 Å². The van der Waals surface area contributed by atoms with Gasteiger partial charge in [-0.1, -0.05) is 0 Å². The molecule has 5 heteroatoms. The molecule has 0 aromatic carbocycles. The predicted octanol–water partition coefficient (Wildman–Crippen LogP) is 0.706. The van der Waals surface area contributed by atoms with Crippen LogP contribution in [0.25, 0.3) is 0 Å². The van der Waals surface area contributed by atoms with E-state index in [2.05, 4.69) is 15.3 Å². The van der Waals surface area contributed by atoms with Crippen LogP contribution >= 0.6 is 0 Å². The monoisotopic (exact) mass is 217 g/mol. The third-order valence-electron chi connectivity index (χ3n) is 2.60. The third-order valence-corrected chi connectivity index (χ3v) is 2.60. The number of nitrogens with one attached hydrogen (secondary N) is 1. The minimum atomic E-state index is -0.0336. The lowest BCUT2D eigenvalue weighted by Crippen LogP contribution is -2.22. The lowest BCUT2D eigenvalue weighted by Gasteiger charge is -2.17. The van der Waals surface area contributed by atoms with Gasteiger partial charge in [0.05, 0.1) is 6.04 Å². The van der Waals surface area contributed by atoms with Gasteiger partial charge in [-0.3, -0.25) is 4.98 Å². The number of pyridine rings is 1. The number of aromatic nitrogens is 3. The molecule has 2 rings (SSSR count). The van der Waals surface area contributed by atoms with E-state index < -0.39 is 0 Å². The smallest absolute Gasteiger partial charge is 0.130 e. The second-order valence-electron chi connectivity index (χ2n) is 3.62. The number of imidazole rings is 1. The summed E-state index contributed by atoms with van der Waals surface area (Å²) >= 11 is 0. The number of nitrogen functional groups attached to an aromatic ring is 1. The maximum Gasteiger partial charge on any atom is 0.130 e. The van der Waals surface area contributed by atoms with Crippen molar-refractivity contribution in [1.82, 2.24) is 19.9 Å². The van der Waals surface area contributed by atoms with Gasteiger partial charge in [0.2, 0.25) is 0 Å². The maximum atomic E-state index is 5.94. The summed E-state index contributed by atoms with van der Waals surface area (Å²) in [6.07, 6.45) is 7.13. The molecule has 3 N–H and O–H groups in total. The summed E-state index contributed by atoms with van der Waals surface area (Å²) in [6, 6.07) is 1.76. The van der Waals surface area contributed by atoms with Crippen LogP contribution in [0.2, 0.25) is 0 Å². The van der Waals surface area contributed by atoms with Crippen LogP contribution in [0, 0.1) is 0 Å². The molecule has 0 aliphatic carbocycles. The van der Waals surface area contributed by atoms with E-state index in [0.29, 0.717) is 0 Å². The molecule has 0 saturated heterocycles. The summed E-state index contributed by atoms with van der Waals surface area (Å²) in [6.45, 7) is 0. The highest BCUT2D eigenvalue weighted by Gasteiger charge is 2.18. The topological polar surface area (TPSA) is 68.8 Å². The van der Waals surface area contributed by atoms with Crippen LogP contribution in [-0.2, 0) is 7.05 Å². The fraction of sp³-hybridized carbons (Fsp3) is 0.273. The Bertz CT molecular complexity index is 477. The summed E-state index contributed by atoms with van der Waals surface area (Å²) in [5.41, 5.74) is 7.60. The lowest BCUT2D eigenvalue weighted by molar-refractivity contribution is 0.617. The molecule has 2 aromatic heterocycles. The first kappa shape index (κ1) is 10.6. The van der Waals surface area contributed by atoms with Crippen LogP contribution in [-0.4, -0.2) is 21.6 Å². The van der Waals surface area contributed by atoms with E-state index in [1.807, 2.05) is 24.9 Å². The molecule has 84 valence electrons. The normalized spacial score (nSPS) is 12.6. The van der Waals surface area contributed by atoms with Crippen LogP contribution in [0.5, 0.6) is 0 Å². The van der Waals surface area contributed by atoms with Gasteiger partial charge >= 0.3 is 0 Å². The molecular weight excluding hydrogens is 202 g/mol. The standard InChI is InChI=1S/C11H15N5/c1-13-10(11-15-5-6-16(11)2)8-7-14-4-3-9(8)12/h3-7,10,13H,1-2H3,(H2,12,14). The summed E-state index contributed by atoms with van der Waals surface area (Å²) in [5, 5.41) is 3.20. The average Bonchev–Trinajstić information content (AvgIpc) is 2.69. The van der Waals surface area contributed by atoms with Crippen molar-refractivity contribution in [3.63, 3.8) is 0 Å². The molecule has 0 aliphatic rings. The molecule has 0 spiro atoms. The van der Waals surface area contributed by atoms with Crippen LogP contribution in [0.1, 0.15) is 17.4 Å². The number of hydrogen-bond donors (Lipinski definition) is 2. The lowest BCUT2D eigenvalue weighted by atomic mass is 10.1. The molecule has 16 heavy (non-hydrogen) atoms. The number of anilines is 1. The van der Waals surface area contributed by atoms with Gasteiger partial charge in [-0.25, -0.2) is 4.98 Å². The Morgan fingerprint density at radius 2 is 2.25 bits per heavy atom. The zero-order chi connectivity index (χ0) is 11.5. The van der Waals surface area contributed by atoms with E-state index >= 15 is 0 Å². The van der Waals surface area contributed by atoms with Crippen LogP contribution in [0.3, 0.4) is 0 Å². The zero-order valence-electron chi connectivity index (χ0n) is 9.38. The summed E-state index contributed by atoms with van der Waals surface area (Å²) in [7, 11) is 3.84. The van der Waals surface area contributed by atoms with Crippen molar-refractivity contribution in [2.45, 2.75) is 6.04 Å². The van der Waals surface area contributed by atoms with Gasteiger partial charge < -0.3 is 15.6 Å². The molecule has 2 heterocycles. The van der Waals surface area contributed by atoms with E-state index in [0.717, 1.165) is 17.1 Å². The van der Waals surface area contributed by atoms with Gasteiger partial charge in [-0.15, -0.1) is 0 Å². The number of nitrogens with two attached hydrogens (primary N) is 1. The van der Waals surface area contributed by atoms with Gasteiger partial charge in [-0.05, 0) is 13.1 Å². The maximum absolute atomic E-state index is 5.94. The predicted molar refractivity (Wildman–Crippen MR) is 62.8 cm³/mol. The molecule has 5 nitrogen and oxygen atoms in total. The Balaban J connectivity index is 2.45. The first-order valence-electron chi connectivity index (χ1n) is 5.08. The molecule has 0 saturated carbocycles. The van der Waals surface area contributed by atoms with Gasteiger partial charge in [0, 0.05) is 43.1 Å². The van der Waals surface area contributed by atoms with Crippen molar-refractivity contribution in [1.29, 1.82) is 0 Å². The highest BCUT2D eigenvalue weighted by molar-refractivity contribution is 5.48. The number of rotatable bonds is 3. The quantitative estimate of drug-likeness (QED) is 0.794. The Morgan fingerprint density at radius 1 is 1.44 bits per heavy atom. The molecular formula is C11H15N5. The van der Waals surface area contributed by atoms with Crippen molar-refractivity contribution < 1.29 is 0 Å². The summed E-state index contributed by atoms with van der Waals surface area (Å²) in [5.74, 6) is 0.919. The van der Waals surface area contributed by atoms with E-state index in [-0.39, 0.29) is 6.04 Å². The fourth-order valence-electron chi connectivity index (χ4n) is 1.74. The minimum absolute atomic E-state index is 0.0336. The molecule has 0 fully saturated rings. The van der Waals surface area contributed by atoms with Crippen molar-refractivity contribution >= 4 is 5.69 Å². The third kappa shape index (κ3) is 1.77. The number of aryl methyl sites for hydroxylation is 1. The Morgan fingerprint density at radius 3 is 2.81 bits per heavy atom. The number of hydrogen-bond acceptors (Lipinski definition) is 4. The van der Waals surface area contributed by atoms with E-state index in [1.54, 1.807) is 24.7 Å². The fourth-order valence-corrected chi connectivity index (χ4v) is 1.74.